The number of fused-ring (bicyclic) bond motifs is 1. The molecular weight excluding hydrogens is 338 g/mol. The molecule has 0 bridgehead atoms. The van der Waals surface area contributed by atoms with Gasteiger partial charge in [-0.1, -0.05) is 12.8 Å². The van der Waals surface area contributed by atoms with Gasteiger partial charge in [-0.05, 0) is 58.1 Å². The first-order chi connectivity index (χ1) is 11.8. The fraction of sp³-hybridized carbons (Fsp3) is 0.684. The van der Waals surface area contributed by atoms with E-state index in [2.05, 4.69) is 5.32 Å². The molecule has 2 N–H and O–H groups in total. The predicted octanol–water partition coefficient (Wildman–Crippen LogP) is 3.80. The Labute approximate surface area is 153 Å². The molecule has 0 aliphatic heterocycles. The van der Waals surface area contributed by atoms with Crippen molar-refractivity contribution in [2.75, 3.05) is 6.61 Å². The van der Waals surface area contributed by atoms with Crippen LogP contribution in [0.1, 0.15) is 73.0 Å². The smallest absolute Gasteiger partial charge is 0.326 e. The van der Waals surface area contributed by atoms with Crippen molar-refractivity contribution in [2.24, 2.45) is 0 Å². The molecule has 25 heavy (non-hydrogen) atoms. The number of amides is 1. The zero-order chi connectivity index (χ0) is 18.4. The van der Waals surface area contributed by atoms with E-state index in [4.69, 9.17) is 4.74 Å². The number of carbonyl (C=O) groups excluding carboxylic acids is 1. The van der Waals surface area contributed by atoms with Crippen LogP contribution in [0.3, 0.4) is 0 Å². The Morgan fingerprint density at radius 2 is 1.92 bits per heavy atom. The lowest BCUT2D eigenvalue weighted by atomic mass is 10.00. The van der Waals surface area contributed by atoms with Crippen molar-refractivity contribution >= 4 is 23.2 Å². The molecule has 6 heteroatoms. The zero-order valence-corrected chi connectivity index (χ0v) is 16.2. The molecule has 2 rings (SSSR count). The van der Waals surface area contributed by atoms with Gasteiger partial charge in [0.05, 0.1) is 10.5 Å². The summed E-state index contributed by atoms with van der Waals surface area (Å²) in [6, 6.07) is 1.02. The lowest BCUT2D eigenvalue weighted by Crippen LogP contribution is -2.41. The molecule has 0 saturated carbocycles. The van der Waals surface area contributed by atoms with Crippen LogP contribution in [-0.2, 0) is 22.4 Å². The molecule has 1 aliphatic carbocycles. The second-order valence-corrected chi connectivity index (χ2v) is 8.72. The SMILES string of the molecule is CC(C)(C)OCCC(NC(=O)c1cc2c(s1)CCCCCC2)C(=O)O. The quantitative estimate of drug-likeness (QED) is 0.802. The highest BCUT2D eigenvalue weighted by atomic mass is 32.1. The Kier molecular flexibility index (Phi) is 7.02. The largest absolute Gasteiger partial charge is 0.480 e. The third-order valence-electron chi connectivity index (χ3n) is 4.27. The van der Waals surface area contributed by atoms with Crippen molar-refractivity contribution in [3.8, 4) is 0 Å². The molecule has 1 aromatic heterocycles. The Morgan fingerprint density at radius 3 is 2.56 bits per heavy atom. The van der Waals surface area contributed by atoms with Gasteiger partial charge in [0, 0.05) is 17.9 Å². The number of thiophene rings is 1. The minimum absolute atomic E-state index is 0.253. The molecule has 5 nitrogen and oxygen atoms in total. The third kappa shape index (κ3) is 6.44. The number of rotatable bonds is 6. The molecule has 1 aliphatic rings. The van der Waals surface area contributed by atoms with E-state index in [1.165, 1.54) is 34.6 Å². The number of carbonyl (C=O) groups is 2. The second-order valence-electron chi connectivity index (χ2n) is 7.59. The number of nitrogens with one attached hydrogen (secondary N) is 1. The van der Waals surface area contributed by atoms with Crippen molar-refractivity contribution in [2.45, 2.75) is 77.4 Å². The van der Waals surface area contributed by atoms with Gasteiger partial charge < -0.3 is 15.2 Å². The number of aryl methyl sites for hydroxylation is 2. The number of ether oxygens (including phenoxy) is 1. The molecule has 0 aromatic carbocycles. The van der Waals surface area contributed by atoms with Gasteiger partial charge in [0.2, 0.25) is 0 Å². The highest BCUT2D eigenvalue weighted by molar-refractivity contribution is 7.14. The van der Waals surface area contributed by atoms with Crippen molar-refractivity contribution < 1.29 is 19.4 Å². The van der Waals surface area contributed by atoms with Crippen molar-refractivity contribution in [3.63, 3.8) is 0 Å². The van der Waals surface area contributed by atoms with E-state index in [1.807, 2.05) is 26.8 Å². The first-order valence-electron chi connectivity index (χ1n) is 9.05. The molecule has 0 saturated heterocycles. The molecule has 1 amide bonds. The molecule has 1 unspecified atom stereocenters. The molecule has 0 spiro atoms. The molecule has 1 heterocycles. The van der Waals surface area contributed by atoms with E-state index in [1.54, 1.807) is 0 Å². The fourth-order valence-electron chi connectivity index (χ4n) is 2.93. The standard InChI is InChI=1S/C19H29NO4S/c1-19(2,3)24-11-10-14(18(22)23)20-17(21)16-12-13-8-6-4-5-7-9-15(13)25-16/h12,14H,4-11H2,1-3H3,(H,20,21)(H,22,23). The number of carboxylic acids is 1. The second kappa shape index (κ2) is 8.81. The summed E-state index contributed by atoms with van der Waals surface area (Å²) >= 11 is 1.51. The van der Waals surface area contributed by atoms with Crippen LogP contribution in [0.5, 0.6) is 0 Å². The van der Waals surface area contributed by atoms with Gasteiger partial charge in [0.1, 0.15) is 6.04 Å². The van der Waals surface area contributed by atoms with Crippen molar-refractivity contribution in [3.05, 3.63) is 21.4 Å². The van der Waals surface area contributed by atoms with Gasteiger partial charge in [-0.3, -0.25) is 4.79 Å². The Morgan fingerprint density at radius 1 is 1.24 bits per heavy atom. The average Bonchev–Trinajstić information content (AvgIpc) is 2.87. The summed E-state index contributed by atoms with van der Waals surface area (Å²) in [5.74, 6) is -1.32. The van der Waals surface area contributed by atoms with Gasteiger partial charge in [-0.25, -0.2) is 4.79 Å². The van der Waals surface area contributed by atoms with Crippen LogP contribution >= 0.6 is 11.3 Å². The van der Waals surface area contributed by atoms with E-state index in [0.717, 1.165) is 25.7 Å². The van der Waals surface area contributed by atoms with Crippen LogP contribution in [-0.4, -0.2) is 35.2 Å². The van der Waals surface area contributed by atoms with E-state index in [9.17, 15) is 14.7 Å². The Hall–Kier alpha value is -1.40. The molecule has 1 atom stereocenters. The molecular formula is C19H29NO4S. The first-order valence-corrected chi connectivity index (χ1v) is 9.87. The number of carboxylic acid groups (broad SMARTS) is 1. The lowest BCUT2D eigenvalue weighted by Gasteiger charge is -2.21. The van der Waals surface area contributed by atoms with Gasteiger partial charge in [-0.15, -0.1) is 11.3 Å². The predicted molar refractivity (Wildman–Crippen MR) is 99.4 cm³/mol. The lowest BCUT2D eigenvalue weighted by molar-refractivity contribution is -0.140. The van der Waals surface area contributed by atoms with Gasteiger partial charge in [-0.2, -0.15) is 0 Å². The number of hydrogen-bond acceptors (Lipinski definition) is 4. The third-order valence-corrected chi connectivity index (χ3v) is 5.50. The van der Waals surface area contributed by atoms with Crippen LogP contribution in [0.15, 0.2) is 6.07 Å². The van der Waals surface area contributed by atoms with Crippen LogP contribution < -0.4 is 5.32 Å². The topological polar surface area (TPSA) is 75.6 Å². The van der Waals surface area contributed by atoms with E-state index < -0.39 is 12.0 Å². The Bertz CT molecular complexity index is 578. The summed E-state index contributed by atoms with van der Waals surface area (Å²) in [5.41, 5.74) is 0.939. The van der Waals surface area contributed by atoms with Crippen molar-refractivity contribution in [1.29, 1.82) is 0 Å². The van der Waals surface area contributed by atoms with E-state index in [0.29, 0.717) is 11.5 Å². The first kappa shape index (κ1) is 19.9. The number of aliphatic carboxylic acids is 1. The molecule has 0 radical (unpaired) electrons. The molecule has 140 valence electrons. The summed E-state index contributed by atoms with van der Waals surface area (Å²) in [5, 5.41) is 12.0. The van der Waals surface area contributed by atoms with E-state index in [-0.39, 0.29) is 17.9 Å². The molecule has 1 aromatic rings. The summed E-state index contributed by atoms with van der Waals surface area (Å²) < 4.78 is 5.58. The van der Waals surface area contributed by atoms with Crippen molar-refractivity contribution in [1.82, 2.24) is 5.32 Å². The summed E-state index contributed by atoms with van der Waals surface area (Å²) in [4.78, 5) is 25.9. The van der Waals surface area contributed by atoms with Gasteiger partial charge in [0.25, 0.3) is 5.91 Å². The highest BCUT2D eigenvalue weighted by Crippen LogP contribution is 2.28. The summed E-state index contributed by atoms with van der Waals surface area (Å²) in [7, 11) is 0. The minimum atomic E-state index is -1.03. The van der Waals surface area contributed by atoms with Crippen LogP contribution in [0, 0.1) is 0 Å². The normalized spacial score (nSPS) is 16.4. The zero-order valence-electron chi connectivity index (χ0n) is 15.4. The maximum absolute atomic E-state index is 12.5. The summed E-state index contributed by atoms with van der Waals surface area (Å²) in [6.45, 7) is 6.05. The average molecular weight is 368 g/mol. The van der Waals surface area contributed by atoms with Crippen LogP contribution in [0.25, 0.3) is 0 Å². The van der Waals surface area contributed by atoms with Crippen LogP contribution in [0.2, 0.25) is 0 Å². The maximum Gasteiger partial charge on any atom is 0.326 e. The maximum atomic E-state index is 12.5. The highest BCUT2D eigenvalue weighted by Gasteiger charge is 2.23. The van der Waals surface area contributed by atoms with Gasteiger partial charge >= 0.3 is 5.97 Å². The summed E-state index contributed by atoms with van der Waals surface area (Å²) in [6.07, 6.45) is 7.10. The Balaban J connectivity index is 1.98. The van der Waals surface area contributed by atoms with Gasteiger partial charge in [0.15, 0.2) is 0 Å². The number of hydrogen-bond donors (Lipinski definition) is 2. The fourth-order valence-corrected chi connectivity index (χ4v) is 4.08. The molecule has 0 fully saturated rings. The van der Waals surface area contributed by atoms with Crippen LogP contribution in [0.4, 0.5) is 0 Å². The monoisotopic (exact) mass is 367 g/mol. The van der Waals surface area contributed by atoms with E-state index >= 15 is 0 Å². The minimum Gasteiger partial charge on any atom is -0.480 e.